The number of methoxy groups -OCH3 is 1. The zero-order chi connectivity index (χ0) is 15.7. The predicted molar refractivity (Wildman–Crippen MR) is 95.0 cm³/mol. The van der Waals surface area contributed by atoms with Crippen LogP contribution in [0.25, 0.3) is 21.9 Å². The fraction of sp³-hybridized carbons (Fsp3) is 0.200. The second-order valence-electron chi connectivity index (χ2n) is 5.76. The van der Waals surface area contributed by atoms with Gasteiger partial charge in [-0.15, -0.1) is 0 Å². The summed E-state index contributed by atoms with van der Waals surface area (Å²) in [4.78, 5) is 2.17. The minimum atomic E-state index is 0.926. The summed E-state index contributed by atoms with van der Waals surface area (Å²) in [5, 5.41) is 2.54. The lowest BCUT2D eigenvalue weighted by Crippen LogP contribution is -2.10. The Hall–Kier alpha value is -2.48. The highest BCUT2D eigenvalue weighted by Crippen LogP contribution is 2.38. The summed E-state index contributed by atoms with van der Waals surface area (Å²) < 4.78 is 5.39. The van der Waals surface area contributed by atoms with Gasteiger partial charge in [-0.2, -0.15) is 0 Å². The predicted octanol–water partition coefficient (Wildman–Crippen LogP) is 4.89. The summed E-state index contributed by atoms with van der Waals surface area (Å²) >= 11 is 0. The third-order valence-electron chi connectivity index (χ3n) is 4.07. The summed E-state index contributed by atoms with van der Waals surface area (Å²) in [6.45, 7) is 2.09. The van der Waals surface area contributed by atoms with E-state index in [0.29, 0.717) is 0 Å². The van der Waals surface area contributed by atoms with E-state index in [-0.39, 0.29) is 0 Å². The van der Waals surface area contributed by atoms with Gasteiger partial charge in [0.1, 0.15) is 5.75 Å². The van der Waals surface area contributed by atoms with Crippen LogP contribution in [-0.2, 0) is 0 Å². The number of aryl methyl sites for hydroxylation is 1. The highest BCUT2D eigenvalue weighted by molar-refractivity contribution is 6.03. The Labute approximate surface area is 132 Å². The third-order valence-corrected chi connectivity index (χ3v) is 4.07. The van der Waals surface area contributed by atoms with E-state index < -0.39 is 0 Å². The Morgan fingerprint density at radius 3 is 2.36 bits per heavy atom. The van der Waals surface area contributed by atoms with Crippen LogP contribution in [0.3, 0.4) is 0 Å². The van der Waals surface area contributed by atoms with Crippen LogP contribution in [0.4, 0.5) is 5.69 Å². The number of benzene rings is 3. The van der Waals surface area contributed by atoms with E-state index in [4.69, 9.17) is 4.74 Å². The summed E-state index contributed by atoms with van der Waals surface area (Å²) in [5.41, 5.74) is 4.87. The molecule has 0 N–H and O–H groups in total. The van der Waals surface area contributed by atoms with Gasteiger partial charge in [-0.05, 0) is 47.0 Å². The van der Waals surface area contributed by atoms with Gasteiger partial charge in [0.25, 0.3) is 0 Å². The molecule has 0 atom stereocenters. The van der Waals surface area contributed by atoms with E-state index in [9.17, 15) is 0 Å². The molecule has 0 bridgehead atoms. The molecule has 0 aliphatic carbocycles. The molecule has 3 aromatic carbocycles. The number of anilines is 1. The average molecular weight is 291 g/mol. The Morgan fingerprint density at radius 1 is 0.909 bits per heavy atom. The van der Waals surface area contributed by atoms with Crippen LogP contribution in [0.5, 0.6) is 5.75 Å². The van der Waals surface area contributed by atoms with Gasteiger partial charge in [0.05, 0.1) is 7.11 Å². The van der Waals surface area contributed by atoms with Crippen LogP contribution in [0.2, 0.25) is 0 Å². The molecule has 0 aliphatic heterocycles. The first-order chi connectivity index (χ1) is 10.6. The summed E-state index contributed by atoms with van der Waals surface area (Å²) in [7, 11) is 5.89. The molecule has 2 heteroatoms. The van der Waals surface area contributed by atoms with Crippen molar-refractivity contribution in [3.05, 3.63) is 60.2 Å². The van der Waals surface area contributed by atoms with Crippen molar-refractivity contribution in [3.63, 3.8) is 0 Å². The largest absolute Gasteiger partial charge is 0.496 e. The van der Waals surface area contributed by atoms with Crippen LogP contribution in [-0.4, -0.2) is 21.2 Å². The number of fused-ring (bicyclic) bond motifs is 1. The van der Waals surface area contributed by atoms with Gasteiger partial charge in [-0.25, -0.2) is 0 Å². The minimum absolute atomic E-state index is 0.926. The van der Waals surface area contributed by atoms with Crippen LogP contribution in [0.1, 0.15) is 5.56 Å². The number of hydrogen-bond acceptors (Lipinski definition) is 2. The van der Waals surface area contributed by atoms with Gasteiger partial charge in [0.2, 0.25) is 0 Å². The van der Waals surface area contributed by atoms with Gasteiger partial charge in [0.15, 0.2) is 0 Å². The molecule has 3 rings (SSSR count). The molecule has 0 aromatic heterocycles. The molecule has 0 spiro atoms. The van der Waals surface area contributed by atoms with Gasteiger partial charge in [0, 0.05) is 25.3 Å². The highest BCUT2D eigenvalue weighted by Gasteiger charge is 2.12. The third kappa shape index (κ3) is 2.41. The first-order valence-electron chi connectivity index (χ1n) is 7.46. The molecule has 0 aliphatic rings. The lowest BCUT2D eigenvalue weighted by molar-refractivity contribution is 0.412. The fourth-order valence-corrected chi connectivity index (χ4v) is 2.97. The molecule has 0 saturated carbocycles. The summed E-state index contributed by atoms with van der Waals surface area (Å²) in [6.07, 6.45) is 0. The number of hydrogen-bond donors (Lipinski definition) is 0. The molecular weight excluding hydrogens is 270 g/mol. The molecule has 22 heavy (non-hydrogen) atoms. The molecule has 0 unspecified atom stereocenters. The van der Waals surface area contributed by atoms with Gasteiger partial charge in [-0.3, -0.25) is 0 Å². The Bertz CT molecular complexity index is 821. The minimum Gasteiger partial charge on any atom is -0.496 e. The number of nitrogens with zero attached hydrogens (tertiary/aromatic N) is 1. The molecule has 0 saturated heterocycles. The maximum absolute atomic E-state index is 5.39. The lowest BCUT2D eigenvalue weighted by Gasteiger charge is -2.20. The van der Waals surface area contributed by atoms with Gasteiger partial charge >= 0.3 is 0 Å². The maximum Gasteiger partial charge on any atom is 0.121 e. The Balaban J connectivity index is 2.32. The standard InChI is InChI=1S/C20H21NO/c1-14-13-16(10-12-19(14)22-4)20-17-8-6-5-7-15(17)9-11-18(20)21(2)3/h5-13H,1-4H3. The van der Waals surface area contributed by atoms with E-state index in [1.54, 1.807) is 7.11 Å². The van der Waals surface area contributed by atoms with Crippen molar-refractivity contribution in [2.75, 3.05) is 26.1 Å². The monoisotopic (exact) mass is 291 g/mol. The highest BCUT2D eigenvalue weighted by atomic mass is 16.5. The second-order valence-corrected chi connectivity index (χ2v) is 5.76. The van der Waals surface area contributed by atoms with Crippen molar-refractivity contribution < 1.29 is 4.74 Å². The molecule has 112 valence electrons. The molecule has 0 heterocycles. The van der Waals surface area contributed by atoms with Gasteiger partial charge in [-0.1, -0.05) is 36.4 Å². The van der Waals surface area contributed by atoms with Crippen LogP contribution in [0.15, 0.2) is 54.6 Å². The molecule has 0 fully saturated rings. The molecule has 0 radical (unpaired) electrons. The van der Waals surface area contributed by atoms with Crippen LogP contribution < -0.4 is 9.64 Å². The van der Waals surface area contributed by atoms with Crippen LogP contribution in [0, 0.1) is 6.92 Å². The van der Waals surface area contributed by atoms with Crippen molar-refractivity contribution in [3.8, 4) is 16.9 Å². The zero-order valence-electron chi connectivity index (χ0n) is 13.6. The smallest absolute Gasteiger partial charge is 0.121 e. The SMILES string of the molecule is COc1ccc(-c2c(N(C)C)ccc3ccccc23)cc1C. The quantitative estimate of drug-likeness (QED) is 0.681. The van der Waals surface area contributed by atoms with Crippen molar-refractivity contribution in [1.82, 2.24) is 0 Å². The molecule has 2 nitrogen and oxygen atoms in total. The number of ether oxygens (including phenoxy) is 1. The van der Waals surface area contributed by atoms with E-state index in [0.717, 1.165) is 11.3 Å². The molecule has 3 aromatic rings. The van der Waals surface area contributed by atoms with E-state index in [1.807, 2.05) is 6.07 Å². The summed E-state index contributed by atoms with van der Waals surface area (Å²) in [5.74, 6) is 0.926. The topological polar surface area (TPSA) is 12.5 Å². The Kier molecular flexibility index (Phi) is 3.76. The molecular formula is C20H21NO. The van der Waals surface area contributed by atoms with Crippen molar-refractivity contribution in [2.24, 2.45) is 0 Å². The fourth-order valence-electron chi connectivity index (χ4n) is 2.97. The van der Waals surface area contributed by atoms with Crippen molar-refractivity contribution in [2.45, 2.75) is 6.92 Å². The normalized spacial score (nSPS) is 10.7. The van der Waals surface area contributed by atoms with Crippen molar-refractivity contribution >= 4 is 16.5 Å². The van der Waals surface area contributed by atoms with Crippen molar-refractivity contribution in [1.29, 1.82) is 0 Å². The first kappa shape index (κ1) is 14.5. The van der Waals surface area contributed by atoms with E-state index >= 15 is 0 Å². The first-order valence-corrected chi connectivity index (χ1v) is 7.46. The second kappa shape index (κ2) is 5.72. The average Bonchev–Trinajstić information content (AvgIpc) is 2.53. The zero-order valence-corrected chi connectivity index (χ0v) is 13.6. The number of rotatable bonds is 3. The summed E-state index contributed by atoms with van der Waals surface area (Å²) in [6, 6.07) is 19.3. The molecule has 0 amide bonds. The van der Waals surface area contributed by atoms with E-state index in [2.05, 4.69) is 74.4 Å². The van der Waals surface area contributed by atoms with Crippen LogP contribution >= 0.6 is 0 Å². The van der Waals surface area contributed by atoms with Gasteiger partial charge < -0.3 is 9.64 Å². The Morgan fingerprint density at radius 2 is 1.68 bits per heavy atom. The lowest BCUT2D eigenvalue weighted by atomic mass is 9.94. The van der Waals surface area contributed by atoms with E-state index in [1.165, 1.54) is 27.6 Å². The maximum atomic E-state index is 5.39.